The molecule has 5 heteroatoms. The molecule has 2 N–H and O–H groups in total. The molecule has 0 atom stereocenters. The van der Waals surface area contributed by atoms with Crippen molar-refractivity contribution < 1.29 is 14.3 Å². The number of amides is 2. The molecule has 3 aromatic rings. The van der Waals surface area contributed by atoms with Crippen LogP contribution in [0.4, 0.5) is 0 Å². The van der Waals surface area contributed by atoms with Gasteiger partial charge in [-0.05, 0) is 53.4 Å². The predicted octanol–water partition coefficient (Wildman–Crippen LogP) is 3.51. The molecule has 28 heavy (non-hydrogen) atoms. The number of carbonyl (C=O) groups is 2. The molecule has 1 fully saturated rings. The van der Waals surface area contributed by atoms with Gasteiger partial charge in [0.05, 0.1) is 0 Å². The van der Waals surface area contributed by atoms with Gasteiger partial charge in [0, 0.05) is 18.2 Å². The van der Waals surface area contributed by atoms with Crippen molar-refractivity contribution >= 4 is 22.6 Å². The predicted molar refractivity (Wildman–Crippen MR) is 108 cm³/mol. The van der Waals surface area contributed by atoms with Crippen LogP contribution in [-0.2, 0) is 11.3 Å². The first-order valence-electron chi connectivity index (χ1n) is 9.40. The van der Waals surface area contributed by atoms with Crippen LogP contribution < -0.4 is 10.5 Å². The molecular weight excluding hydrogens is 352 g/mol. The molecule has 0 radical (unpaired) electrons. The van der Waals surface area contributed by atoms with Crippen molar-refractivity contribution in [3.63, 3.8) is 0 Å². The van der Waals surface area contributed by atoms with E-state index >= 15 is 0 Å². The molecular formula is C23H22N2O3. The minimum Gasteiger partial charge on any atom is -0.484 e. The van der Waals surface area contributed by atoms with E-state index in [2.05, 4.69) is 0 Å². The summed E-state index contributed by atoms with van der Waals surface area (Å²) in [5.41, 5.74) is 6.71. The van der Waals surface area contributed by atoms with Gasteiger partial charge in [0.1, 0.15) is 5.75 Å². The zero-order chi connectivity index (χ0) is 19.5. The molecule has 2 amide bonds. The third-order valence-corrected chi connectivity index (χ3v) is 4.98. The number of hydrogen-bond acceptors (Lipinski definition) is 3. The minimum absolute atomic E-state index is 0.00814. The Morgan fingerprint density at radius 3 is 2.36 bits per heavy atom. The zero-order valence-corrected chi connectivity index (χ0v) is 15.5. The summed E-state index contributed by atoms with van der Waals surface area (Å²) in [5, 5.41) is 2.22. The van der Waals surface area contributed by atoms with Gasteiger partial charge >= 0.3 is 0 Å². The summed E-state index contributed by atoms with van der Waals surface area (Å²) in [6.45, 7) is 0.512. The van der Waals surface area contributed by atoms with Crippen LogP contribution >= 0.6 is 0 Å². The molecule has 3 aromatic carbocycles. The minimum atomic E-state index is -0.453. The molecule has 0 bridgehead atoms. The first-order valence-corrected chi connectivity index (χ1v) is 9.40. The van der Waals surface area contributed by atoms with Crippen LogP contribution in [-0.4, -0.2) is 29.4 Å². The van der Waals surface area contributed by atoms with Crippen molar-refractivity contribution in [3.8, 4) is 5.75 Å². The molecule has 1 saturated carbocycles. The summed E-state index contributed by atoms with van der Waals surface area (Å²) < 4.78 is 5.77. The van der Waals surface area contributed by atoms with Gasteiger partial charge in [-0.3, -0.25) is 9.59 Å². The summed E-state index contributed by atoms with van der Waals surface area (Å²) in [5.74, 6) is 0.203. The van der Waals surface area contributed by atoms with Crippen LogP contribution in [0.2, 0.25) is 0 Å². The van der Waals surface area contributed by atoms with E-state index in [1.54, 1.807) is 12.1 Å². The highest BCUT2D eigenvalue weighted by Crippen LogP contribution is 2.29. The van der Waals surface area contributed by atoms with E-state index in [0.29, 0.717) is 17.9 Å². The lowest BCUT2D eigenvalue weighted by Gasteiger charge is -2.23. The molecule has 142 valence electrons. The van der Waals surface area contributed by atoms with Crippen LogP contribution in [0.5, 0.6) is 5.75 Å². The van der Waals surface area contributed by atoms with E-state index in [1.807, 2.05) is 59.5 Å². The van der Waals surface area contributed by atoms with Gasteiger partial charge in [-0.25, -0.2) is 0 Å². The SMILES string of the molecule is NC(=O)c1ccc(CN(C(=O)COc2ccc3ccccc3c2)C2CC2)cc1. The van der Waals surface area contributed by atoms with Crippen molar-refractivity contribution in [1.82, 2.24) is 4.90 Å². The fraction of sp³-hybridized carbons (Fsp3) is 0.217. The quantitative estimate of drug-likeness (QED) is 0.688. The third kappa shape index (κ3) is 4.14. The van der Waals surface area contributed by atoms with Crippen LogP contribution in [0.25, 0.3) is 10.8 Å². The number of rotatable bonds is 7. The van der Waals surface area contributed by atoms with Crippen molar-refractivity contribution in [2.75, 3.05) is 6.61 Å². The number of nitrogens with two attached hydrogens (primary N) is 1. The lowest BCUT2D eigenvalue weighted by molar-refractivity contribution is -0.134. The topological polar surface area (TPSA) is 72.6 Å². The van der Waals surface area contributed by atoms with E-state index in [0.717, 1.165) is 29.2 Å². The Labute approximate surface area is 163 Å². The Bertz CT molecular complexity index is 1010. The van der Waals surface area contributed by atoms with Crippen molar-refractivity contribution in [1.29, 1.82) is 0 Å². The van der Waals surface area contributed by atoms with Gasteiger partial charge in [0.2, 0.25) is 5.91 Å². The van der Waals surface area contributed by atoms with E-state index in [-0.39, 0.29) is 18.6 Å². The van der Waals surface area contributed by atoms with E-state index in [1.165, 1.54) is 0 Å². The Balaban J connectivity index is 1.41. The lowest BCUT2D eigenvalue weighted by Crippen LogP contribution is -2.36. The first kappa shape index (κ1) is 18.0. The van der Waals surface area contributed by atoms with Gasteiger partial charge in [-0.15, -0.1) is 0 Å². The smallest absolute Gasteiger partial charge is 0.261 e. The number of benzene rings is 3. The number of hydrogen-bond donors (Lipinski definition) is 1. The Morgan fingerprint density at radius 2 is 1.68 bits per heavy atom. The second kappa shape index (κ2) is 7.72. The highest BCUT2D eigenvalue weighted by molar-refractivity contribution is 5.92. The van der Waals surface area contributed by atoms with Crippen molar-refractivity contribution in [3.05, 3.63) is 77.9 Å². The third-order valence-electron chi connectivity index (χ3n) is 4.98. The van der Waals surface area contributed by atoms with Gasteiger partial charge in [0.25, 0.3) is 5.91 Å². The molecule has 0 spiro atoms. The van der Waals surface area contributed by atoms with Crippen molar-refractivity contribution in [2.45, 2.75) is 25.4 Å². The molecule has 1 aliphatic carbocycles. The second-order valence-electron chi connectivity index (χ2n) is 7.11. The normalized spacial score (nSPS) is 13.3. The monoisotopic (exact) mass is 374 g/mol. The molecule has 4 rings (SSSR count). The van der Waals surface area contributed by atoms with Gasteiger partial charge in [0.15, 0.2) is 6.61 Å². The maximum atomic E-state index is 12.8. The standard InChI is InChI=1S/C23H22N2O3/c24-23(27)18-7-5-16(6-8-18)14-25(20-10-11-20)22(26)15-28-21-12-9-17-3-1-2-4-19(17)13-21/h1-9,12-13,20H,10-11,14-15H2,(H2,24,27). The Morgan fingerprint density at radius 1 is 0.964 bits per heavy atom. The van der Waals surface area contributed by atoms with E-state index < -0.39 is 5.91 Å². The van der Waals surface area contributed by atoms with Gasteiger partial charge < -0.3 is 15.4 Å². The lowest BCUT2D eigenvalue weighted by atomic mass is 10.1. The molecule has 5 nitrogen and oxygen atoms in total. The number of carbonyl (C=O) groups excluding carboxylic acids is 2. The van der Waals surface area contributed by atoms with Crippen LogP contribution in [0.1, 0.15) is 28.8 Å². The molecule has 0 saturated heterocycles. The number of fused-ring (bicyclic) bond motifs is 1. The summed E-state index contributed by atoms with van der Waals surface area (Å²) in [4.78, 5) is 25.8. The number of primary amides is 1. The maximum absolute atomic E-state index is 12.8. The summed E-state index contributed by atoms with van der Waals surface area (Å²) in [6, 6.07) is 21.2. The molecule has 0 aromatic heterocycles. The fourth-order valence-electron chi connectivity index (χ4n) is 3.26. The summed E-state index contributed by atoms with van der Waals surface area (Å²) in [6.07, 6.45) is 2.03. The maximum Gasteiger partial charge on any atom is 0.261 e. The largest absolute Gasteiger partial charge is 0.484 e. The van der Waals surface area contributed by atoms with Crippen LogP contribution in [0.3, 0.4) is 0 Å². The van der Waals surface area contributed by atoms with Crippen LogP contribution in [0.15, 0.2) is 66.7 Å². The average molecular weight is 374 g/mol. The van der Waals surface area contributed by atoms with Gasteiger partial charge in [-0.1, -0.05) is 42.5 Å². The first-order chi connectivity index (χ1) is 13.6. The highest BCUT2D eigenvalue weighted by atomic mass is 16.5. The molecule has 0 unspecified atom stereocenters. The molecule has 1 aliphatic rings. The average Bonchev–Trinajstić information content (AvgIpc) is 3.55. The van der Waals surface area contributed by atoms with Crippen molar-refractivity contribution in [2.24, 2.45) is 5.73 Å². The van der Waals surface area contributed by atoms with E-state index in [9.17, 15) is 9.59 Å². The number of nitrogens with zero attached hydrogens (tertiary/aromatic N) is 1. The fourth-order valence-corrected chi connectivity index (χ4v) is 3.26. The highest BCUT2D eigenvalue weighted by Gasteiger charge is 2.32. The zero-order valence-electron chi connectivity index (χ0n) is 15.5. The molecule has 0 aliphatic heterocycles. The number of ether oxygens (including phenoxy) is 1. The van der Waals surface area contributed by atoms with E-state index in [4.69, 9.17) is 10.5 Å². The Hall–Kier alpha value is -3.34. The second-order valence-corrected chi connectivity index (χ2v) is 7.11. The Kier molecular flexibility index (Phi) is 4.98. The van der Waals surface area contributed by atoms with Crippen LogP contribution in [0, 0.1) is 0 Å². The summed E-state index contributed by atoms with van der Waals surface area (Å²) >= 11 is 0. The molecule has 0 heterocycles. The van der Waals surface area contributed by atoms with Gasteiger partial charge in [-0.2, -0.15) is 0 Å². The summed E-state index contributed by atoms with van der Waals surface area (Å²) in [7, 11) is 0.